The van der Waals surface area contributed by atoms with Gasteiger partial charge in [0.2, 0.25) is 0 Å². The van der Waals surface area contributed by atoms with Gasteiger partial charge in [-0.3, -0.25) is 0 Å². The molecule has 0 saturated heterocycles. The average Bonchev–Trinajstić information content (AvgIpc) is 2.53. The molecule has 0 N–H and O–H groups in total. The summed E-state index contributed by atoms with van der Waals surface area (Å²) in [5.74, 6) is 0. The van der Waals surface area contributed by atoms with E-state index in [-0.39, 0.29) is 0 Å². The molecule has 0 fully saturated rings. The van der Waals surface area contributed by atoms with Crippen molar-refractivity contribution >= 4 is 68.3 Å². The first kappa shape index (κ1) is 16.3. The molecule has 0 aromatic heterocycles. The number of halogens is 2. The molecule has 0 spiro atoms. The van der Waals surface area contributed by atoms with Gasteiger partial charge in [0.1, 0.15) is 0 Å². The molecule has 3 rings (SSSR count). The zero-order valence-electron chi connectivity index (χ0n) is 11.6. The van der Waals surface area contributed by atoms with E-state index in [9.17, 15) is 0 Å². The third kappa shape index (κ3) is 3.83. The normalized spacial score (nSPS) is 10.9. The van der Waals surface area contributed by atoms with Crippen molar-refractivity contribution < 1.29 is 0 Å². The fourth-order valence-corrected chi connectivity index (χ4v) is 5.14. The molecule has 0 aliphatic rings. The molecule has 3 aromatic rings. The van der Waals surface area contributed by atoms with Crippen LogP contribution >= 0.6 is 52.4 Å². The summed E-state index contributed by atoms with van der Waals surface area (Å²) < 4.78 is 2.21. The molecular weight excluding hydrogens is 439 g/mol. The van der Waals surface area contributed by atoms with Crippen molar-refractivity contribution in [2.45, 2.75) is 4.90 Å². The highest BCUT2D eigenvalue weighted by molar-refractivity contribution is 9.10. The Morgan fingerprint density at radius 1 is 0.545 bits per heavy atom. The maximum absolute atomic E-state index is 4.40. The minimum Gasteiger partial charge on any atom is -0.143 e. The summed E-state index contributed by atoms with van der Waals surface area (Å²) in [5, 5.41) is 4.01. The molecule has 0 nitrogen and oxygen atoms in total. The van der Waals surface area contributed by atoms with Gasteiger partial charge in [0.05, 0.1) is 0 Å². The molecule has 0 saturated carbocycles. The van der Waals surface area contributed by atoms with E-state index in [1.807, 2.05) is 0 Å². The average molecular weight is 452 g/mol. The van der Waals surface area contributed by atoms with Crippen molar-refractivity contribution in [3.8, 4) is 0 Å². The fourth-order valence-electron chi connectivity index (χ4n) is 2.23. The molecule has 0 unspecified atom stereocenters. The van der Waals surface area contributed by atoms with Crippen molar-refractivity contribution in [2.24, 2.45) is 0 Å². The Morgan fingerprint density at radius 3 is 1.23 bits per heavy atom. The summed E-state index contributed by atoms with van der Waals surface area (Å²) >= 11 is 11.4. The zero-order valence-corrected chi connectivity index (χ0v) is 16.5. The highest BCUT2D eigenvalue weighted by Crippen LogP contribution is 2.33. The monoisotopic (exact) mass is 450 g/mol. The molecule has 22 heavy (non-hydrogen) atoms. The van der Waals surface area contributed by atoms with E-state index in [4.69, 9.17) is 0 Å². The SMILES string of the molecule is Sc1ccc(P(c2ccc(Br)cc2)c2ccc(Br)cc2)cc1. The number of benzene rings is 3. The standard InChI is InChI=1S/C18H13Br2PS/c19-13-1-5-15(6-2-13)21(16-7-3-14(20)4-8-16)17-9-11-18(22)12-10-17/h1-12,22H. The molecule has 0 bridgehead atoms. The molecule has 3 aromatic carbocycles. The van der Waals surface area contributed by atoms with E-state index in [2.05, 4.69) is 117 Å². The highest BCUT2D eigenvalue weighted by Gasteiger charge is 2.16. The first-order valence-corrected chi connectivity index (χ1v) is 10.1. The second-order valence-corrected chi connectivity index (χ2v) is 9.37. The van der Waals surface area contributed by atoms with Crippen molar-refractivity contribution in [3.05, 3.63) is 81.7 Å². The van der Waals surface area contributed by atoms with Gasteiger partial charge in [0, 0.05) is 13.8 Å². The summed E-state index contributed by atoms with van der Waals surface area (Å²) in [5.41, 5.74) is 0. The Bertz CT molecular complexity index is 644. The lowest BCUT2D eigenvalue weighted by Gasteiger charge is -2.19. The predicted octanol–water partition coefficient (Wildman–Crippen LogP) is 5.26. The lowest BCUT2D eigenvalue weighted by atomic mass is 10.3. The Balaban J connectivity index is 2.10. The van der Waals surface area contributed by atoms with Gasteiger partial charge >= 0.3 is 0 Å². The number of hydrogen-bond donors (Lipinski definition) is 1. The molecular formula is C18H13Br2PS. The van der Waals surface area contributed by atoms with Gasteiger partial charge in [0.25, 0.3) is 0 Å². The van der Waals surface area contributed by atoms with Gasteiger partial charge in [0.15, 0.2) is 0 Å². The van der Waals surface area contributed by atoms with Crippen LogP contribution in [-0.2, 0) is 0 Å². The number of hydrogen-bond acceptors (Lipinski definition) is 1. The van der Waals surface area contributed by atoms with E-state index in [1.165, 1.54) is 15.9 Å². The lowest BCUT2D eigenvalue weighted by molar-refractivity contribution is 1.50. The van der Waals surface area contributed by atoms with E-state index in [1.54, 1.807) is 0 Å². The van der Waals surface area contributed by atoms with Crippen LogP contribution in [0.5, 0.6) is 0 Å². The Hall–Kier alpha value is -0.600. The Labute approximate surface area is 154 Å². The Morgan fingerprint density at radius 2 is 0.864 bits per heavy atom. The van der Waals surface area contributed by atoms with E-state index in [0.29, 0.717) is 0 Å². The summed E-state index contributed by atoms with van der Waals surface area (Å²) in [6.45, 7) is 0. The third-order valence-electron chi connectivity index (χ3n) is 3.28. The van der Waals surface area contributed by atoms with Crippen LogP contribution in [-0.4, -0.2) is 0 Å². The van der Waals surface area contributed by atoms with Crippen LogP contribution < -0.4 is 15.9 Å². The lowest BCUT2D eigenvalue weighted by Crippen LogP contribution is -2.20. The number of rotatable bonds is 3. The van der Waals surface area contributed by atoms with E-state index >= 15 is 0 Å². The zero-order chi connectivity index (χ0) is 15.5. The van der Waals surface area contributed by atoms with E-state index < -0.39 is 7.92 Å². The summed E-state index contributed by atoms with van der Waals surface area (Å²) in [6.07, 6.45) is 0. The van der Waals surface area contributed by atoms with Crippen molar-refractivity contribution in [3.63, 3.8) is 0 Å². The van der Waals surface area contributed by atoms with Crippen LogP contribution in [0.25, 0.3) is 0 Å². The highest BCUT2D eigenvalue weighted by atomic mass is 79.9. The minimum absolute atomic E-state index is 0.559. The van der Waals surface area contributed by atoms with Crippen LogP contribution in [0.1, 0.15) is 0 Å². The largest absolute Gasteiger partial charge is 0.143 e. The van der Waals surface area contributed by atoms with Gasteiger partial charge in [-0.1, -0.05) is 68.3 Å². The second kappa shape index (κ2) is 7.31. The van der Waals surface area contributed by atoms with E-state index in [0.717, 1.165) is 13.8 Å². The molecule has 0 heterocycles. The molecule has 0 aliphatic heterocycles. The summed E-state index contributed by atoms with van der Waals surface area (Å²) in [7, 11) is -0.559. The van der Waals surface area contributed by atoms with Crippen LogP contribution in [0, 0.1) is 0 Å². The maximum Gasteiger partial charge on any atom is 0.0175 e. The quantitative estimate of drug-likeness (QED) is 0.407. The van der Waals surface area contributed by atoms with Gasteiger partial charge in [-0.25, -0.2) is 0 Å². The van der Waals surface area contributed by atoms with Crippen molar-refractivity contribution in [2.75, 3.05) is 0 Å². The van der Waals surface area contributed by atoms with Gasteiger partial charge < -0.3 is 0 Å². The molecule has 4 heteroatoms. The van der Waals surface area contributed by atoms with Gasteiger partial charge in [-0.05, 0) is 60.2 Å². The number of thiol groups is 1. The second-order valence-electron chi connectivity index (χ2n) is 4.80. The first-order chi connectivity index (χ1) is 10.6. The van der Waals surface area contributed by atoms with Crippen molar-refractivity contribution in [1.29, 1.82) is 0 Å². The van der Waals surface area contributed by atoms with Gasteiger partial charge in [-0.15, -0.1) is 12.6 Å². The Kier molecular flexibility index (Phi) is 5.41. The third-order valence-corrected chi connectivity index (χ3v) is 7.08. The van der Waals surface area contributed by atoms with Crippen LogP contribution in [0.2, 0.25) is 0 Å². The fraction of sp³-hybridized carbons (Fsp3) is 0. The molecule has 0 aliphatic carbocycles. The van der Waals surface area contributed by atoms with Crippen LogP contribution in [0.3, 0.4) is 0 Å². The van der Waals surface area contributed by atoms with Crippen molar-refractivity contribution in [1.82, 2.24) is 0 Å². The maximum atomic E-state index is 4.40. The predicted molar refractivity (Wildman–Crippen MR) is 108 cm³/mol. The molecule has 110 valence electrons. The summed E-state index contributed by atoms with van der Waals surface area (Å²) in [4.78, 5) is 0.991. The van der Waals surface area contributed by atoms with Crippen LogP contribution in [0.4, 0.5) is 0 Å². The topological polar surface area (TPSA) is 0 Å². The first-order valence-electron chi connectivity index (χ1n) is 6.74. The van der Waals surface area contributed by atoms with Gasteiger partial charge in [-0.2, -0.15) is 0 Å². The van der Waals surface area contributed by atoms with Crippen LogP contribution in [0.15, 0.2) is 86.6 Å². The summed E-state index contributed by atoms with van der Waals surface area (Å²) in [6, 6.07) is 25.7. The molecule has 0 amide bonds. The molecule has 0 atom stereocenters. The smallest absolute Gasteiger partial charge is 0.0175 e. The minimum atomic E-state index is -0.559. The molecule has 0 radical (unpaired) electrons.